The van der Waals surface area contributed by atoms with Gasteiger partial charge in [-0.2, -0.15) is 0 Å². The summed E-state index contributed by atoms with van der Waals surface area (Å²) in [4.78, 5) is 14.9. The first kappa shape index (κ1) is 18.1. The van der Waals surface area contributed by atoms with E-state index in [9.17, 15) is 4.79 Å². The lowest BCUT2D eigenvalue weighted by Gasteiger charge is -2.25. The molecule has 1 aliphatic heterocycles. The van der Waals surface area contributed by atoms with Gasteiger partial charge in [0.1, 0.15) is 6.04 Å². The molecular weight excluding hydrogens is 310 g/mol. The Morgan fingerprint density at radius 1 is 0.960 bits per heavy atom. The van der Waals surface area contributed by atoms with Crippen LogP contribution in [0.15, 0.2) is 24.3 Å². The van der Waals surface area contributed by atoms with Crippen LogP contribution >= 0.6 is 0 Å². The number of nitrogens with zero attached hydrogens (tertiary/aromatic N) is 1. The molecule has 4 nitrogen and oxygen atoms in total. The molecule has 2 aliphatic rings. The molecule has 1 saturated heterocycles. The highest BCUT2D eigenvalue weighted by Gasteiger charge is 2.19. The summed E-state index contributed by atoms with van der Waals surface area (Å²) in [6.45, 7) is 4.26. The van der Waals surface area contributed by atoms with Crippen LogP contribution in [0.5, 0.6) is 0 Å². The van der Waals surface area contributed by atoms with E-state index in [-0.39, 0.29) is 11.9 Å². The summed E-state index contributed by atoms with van der Waals surface area (Å²) in [5.74, 6) is 0.114. The van der Waals surface area contributed by atoms with Crippen LogP contribution in [0.2, 0.25) is 0 Å². The third-order valence-electron chi connectivity index (χ3n) is 5.57. The van der Waals surface area contributed by atoms with E-state index in [4.69, 9.17) is 0 Å². The maximum absolute atomic E-state index is 12.4. The second-order valence-electron chi connectivity index (χ2n) is 7.66. The number of carbonyl (C=O) groups is 1. The molecule has 138 valence electrons. The lowest BCUT2D eigenvalue weighted by Crippen LogP contribution is -2.44. The minimum Gasteiger partial charge on any atom is -0.374 e. The second kappa shape index (κ2) is 9.12. The minimum atomic E-state index is -0.203. The van der Waals surface area contributed by atoms with Crippen molar-refractivity contribution in [2.75, 3.05) is 23.3 Å². The molecule has 25 heavy (non-hydrogen) atoms. The van der Waals surface area contributed by atoms with Crippen molar-refractivity contribution in [3.8, 4) is 0 Å². The van der Waals surface area contributed by atoms with Crippen LogP contribution in [-0.2, 0) is 4.79 Å². The molecular formula is C21H33N3O. The van der Waals surface area contributed by atoms with E-state index in [1.165, 1.54) is 50.6 Å². The van der Waals surface area contributed by atoms with Crippen molar-refractivity contribution >= 4 is 17.3 Å². The molecule has 4 heteroatoms. The Labute approximate surface area is 152 Å². The molecule has 0 unspecified atom stereocenters. The zero-order chi connectivity index (χ0) is 17.5. The number of benzene rings is 1. The van der Waals surface area contributed by atoms with E-state index in [0.29, 0.717) is 6.04 Å². The van der Waals surface area contributed by atoms with Gasteiger partial charge in [-0.3, -0.25) is 4.79 Å². The summed E-state index contributed by atoms with van der Waals surface area (Å²) in [6, 6.07) is 8.73. The third-order valence-corrected chi connectivity index (χ3v) is 5.57. The fourth-order valence-corrected chi connectivity index (χ4v) is 3.99. The fourth-order valence-electron chi connectivity index (χ4n) is 3.99. The first-order chi connectivity index (χ1) is 12.2. The summed E-state index contributed by atoms with van der Waals surface area (Å²) in [5, 5.41) is 6.54. The van der Waals surface area contributed by atoms with Crippen molar-refractivity contribution in [2.24, 2.45) is 0 Å². The largest absolute Gasteiger partial charge is 0.374 e. The Bertz CT molecular complexity index is 529. The molecule has 0 radical (unpaired) electrons. The molecule has 3 rings (SSSR count). The van der Waals surface area contributed by atoms with Crippen LogP contribution in [0.4, 0.5) is 11.4 Å². The summed E-state index contributed by atoms with van der Waals surface area (Å²) in [6.07, 6.45) is 11.3. The highest BCUT2D eigenvalue weighted by Crippen LogP contribution is 2.22. The molecule has 1 saturated carbocycles. The predicted molar refractivity (Wildman–Crippen MR) is 105 cm³/mol. The lowest BCUT2D eigenvalue weighted by molar-refractivity contribution is -0.122. The van der Waals surface area contributed by atoms with Gasteiger partial charge in [-0.1, -0.05) is 32.1 Å². The molecule has 0 bridgehead atoms. The monoisotopic (exact) mass is 343 g/mol. The SMILES string of the molecule is C[C@H](Nc1ccc(N2CCCCCC2)cc1)C(=O)NC1CCCCC1. The molecule has 0 spiro atoms. The van der Waals surface area contributed by atoms with Gasteiger partial charge in [0, 0.05) is 30.5 Å². The molecule has 2 fully saturated rings. The number of anilines is 2. The minimum absolute atomic E-state index is 0.114. The van der Waals surface area contributed by atoms with Gasteiger partial charge in [0.05, 0.1) is 0 Å². The Morgan fingerprint density at radius 2 is 1.56 bits per heavy atom. The van der Waals surface area contributed by atoms with Crippen LogP contribution in [0.25, 0.3) is 0 Å². The second-order valence-corrected chi connectivity index (χ2v) is 7.66. The van der Waals surface area contributed by atoms with Gasteiger partial charge in [-0.25, -0.2) is 0 Å². The molecule has 2 N–H and O–H groups in total. The molecule has 1 amide bonds. The number of amides is 1. The van der Waals surface area contributed by atoms with Crippen molar-refractivity contribution in [1.29, 1.82) is 0 Å². The van der Waals surface area contributed by atoms with Crippen molar-refractivity contribution in [3.63, 3.8) is 0 Å². The van der Waals surface area contributed by atoms with Gasteiger partial charge in [-0.15, -0.1) is 0 Å². The van der Waals surface area contributed by atoms with Gasteiger partial charge < -0.3 is 15.5 Å². The zero-order valence-electron chi connectivity index (χ0n) is 15.6. The third kappa shape index (κ3) is 5.38. The molecule has 1 atom stereocenters. The van der Waals surface area contributed by atoms with Gasteiger partial charge >= 0.3 is 0 Å². The normalized spacial score (nSPS) is 20.6. The lowest BCUT2D eigenvalue weighted by atomic mass is 9.95. The number of hydrogen-bond donors (Lipinski definition) is 2. The summed E-state index contributed by atoms with van der Waals surface area (Å²) in [5.41, 5.74) is 2.32. The Balaban J connectivity index is 1.50. The maximum atomic E-state index is 12.4. The van der Waals surface area contributed by atoms with E-state index < -0.39 is 0 Å². The van der Waals surface area contributed by atoms with Crippen molar-refractivity contribution in [3.05, 3.63) is 24.3 Å². The highest BCUT2D eigenvalue weighted by atomic mass is 16.2. The van der Waals surface area contributed by atoms with E-state index in [1.807, 2.05) is 6.92 Å². The molecule has 1 aromatic carbocycles. The van der Waals surface area contributed by atoms with E-state index in [2.05, 4.69) is 39.8 Å². The molecule has 1 aliphatic carbocycles. The quantitative estimate of drug-likeness (QED) is 0.837. The Hall–Kier alpha value is -1.71. The number of carbonyl (C=O) groups excluding carboxylic acids is 1. The summed E-state index contributed by atoms with van der Waals surface area (Å²) < 4.78 is 0. The van der Waals surface area contributed by atoms with Crippen LogP contribution < -0.4 is 15.5 Å². The smallest absolute Gasteiger partial charge is 0.242 e. The van der Waals surface area contributed by atoms with Crippen LogP contribution in [-0.4, -0.2) is 31.1 Å². The standard InChI is InChI=1S/C21H33N3O/c1-17(21(25)23-18-9-5-4-6-10-18)22-19-11-13-20(14-12-19)24-15-7-2-3-8-16-24/h11-14,17-18,22H,2-10,15-16H2,1H3,(H,23,25)/t17-/m0/s1. The van der Waals surface area contributed by atoms with Gasteiger partial charge in [0.25, 0.3) is 0 Å². The number of rotatable bonds is 5. The van der Waals surface area contributed by atoms with Crippen molar-refractivity contribution < 1.29 is 4.79 Å². The van der Waals surface area contributed by atoms with E-state index in [1.54, 1.807) is 0 Å². The van der Waals surface area contributed by atoms with Gasteiger partial charge in [0.15, 0.2) is 0 Å². The maximum Gasteiger partial charge on any atom is 0.242 e. The van der Waals surface area contributed by atoms with Crippen LogP contribution in [0.1, 0.15) is 64.7 Å². The van der Waals surface area contributed by atoms with E-state index in [0.717, 1.165) is 31.6 Å². The van der Waals surface area contributed by atoms with Crippen molar-refractivity contribution in [1.82, 2.24) is 5.32 Å². The molecule has 1 heterocycles. The topological polar surface area (TPSA) is 44.4 Å². The average molecular weight is 344 g/mol. The first-order valence-corrected chi connectivity index (χ1v) is 10.1. The average Bonchev–Trinajstić information content (AvgIpc) is 2.92. The molecule has 0 aromatic heterocycles. The summed E-state index contributed by atoms with van der Waals surface area (Å²) in [7, 11) is 0. The zero-order valence-corrected chi connectivity index (χ0v) is 15.6. The first-order valence-electron chi connectivity index (χ1n) is 10.1. The predicted octanol–water partition coefficient (Wildman–Crippen LogP) is 4.32. The van der Waals surface area contributed by atoms with Gasteiger partial charge in [-0.05, 0) is 56.9 Å². The van der Waals surface area contributed by atoms with Crippen LogP contribution in [0.3, 0.4) is 0 Å². The van der Waals surface area contributed by atoms with Crippen molar-refractivity contribution in [2.45, 2.75) is 76.8 Å². The highest BCUT2D eigenvalue weighted by molar-refractivity contribution is 5.84. The number of nitrogens with one attached hydrogen (secondary N) is 2. The van der Waals surface area contributed by atoms with Gasteiger partial charge in [0.2, 0.25) is 5.91 Å². The van der Waals surface area contributed by atoms with E-state index >= 15 is 0 Å². The Morgan fingerprint density at radius 3 is 2.20 bits per heavy atom. The van der Waals surface area contributed by atoms with Crippen LogP contribution in [0, 0.1) is 0 Å². The summed E-state index contributed by atoms with van der Waals surface area (Å²) >= 11 is 0. The fraction of sp³-hybridized carbons (Fsp3) is 0.667. The molecule has 1 aromatic rings. The number of hydrogen-bond acceptors (Lipinski definition) is 3. The Kier molecular flexibility index (Phi) is 6.60.